The summed E-state index contributed by atoms with van der Waals surface area (Å²) in [5, 5.41) is 0.741. The van der Waals surface area contributed by atoms with E-state index in [1.165, 1.54) is 6.07 Å². The second-order valence-electron chi connectivity index (χ2n) is 5.57. The summed E-state index contributed by atoms with van der Waals surface area (Å²) in [6, 6.07) is 12.5. The summed E-state index contributed by atoms with van der Waals surface area (Å²) in [6.07, 6.45) is 0. The lowest BCUT2D eigenvalue weighted by Gasteiger charge is -2.36. The van der Waals surface area contributed by atoms with Crippen LogP contribution in [0.25, 0.3) is 0 Å². The first-order chi connectivity index (χ1) is 10.6. The average molecular weight is 320 g/mol. The van der Waals surface area contributed by atoms with Crippen molar-refractivity contribution in [2.75, 3.05) is 36.8 Å². The molecule has 3 nitrogen and oxygen atoms in total. The van der Waals surface area contributed by atoms with E-state index in [4.69, 9.17) is 17.3 Å². The number of nitrogen functional groups attached to an aromatic ring is 1. The Morgan fingerprint density at radius 1 is 1.05 bits per heavy atom. The van der Waals surface area contributed by atoms with Crippen LogP contribution in [0.3, 0.4) is 0 Å². The maximum Gasteiger partial charge on any atom is 0.146 e. The summed E-state index contributed by atoms with van der Waals surface area (Å²) < 4.78 is 13.8. The van der Waals surface area contributed by atoms with Gasteiger partial charge in [0.05, 0.1) is 5.69 Å². The second-order valence-corrected chi connectivity index (χ2v) is 5.97. The quantitative estimate of drug-likeness (QED) is 0.880. The SMILES string of the molecule is Nc1ccc(Cl)c(CN2CCN(c3ccccc3F)CC2)c1. The van der Waals surface area contributed by atoms with Crippen LogP contribution in [0.4, 0.5) is 15.8 Å². The molecule has 1 fully saturated rings. The second kappa shape index (κ2) is 6.55. The first kappa shape index (κ1) is 15.1. The minimum Gasteiger partial charge on any atom is -0.399 e. The highest BCUT2D eigenvalue weighted by atomic mass is 35.5. The molecular formula is C17H19ClFN3. The van der Waals surface area contributed by atoms with Gasteiger partial charge in [0, 0.05) is 43.4 Å². The fraction of sp³-hybridized carbons (Fsp3) is 0.294. The monoisotopic (exact) mass is 319 g/mol. The zero-order chi connectivity index (χ0) is 15.5. The minimum absolute atomic E-state index is 0.158. The Bertz CT molecular complexity index is 654. The van der Waals surface area contributed by atoms with E-state index in [0.29, 0.717) is 5.69 Å². The van der Waals surface area contributed by atoms with Crippen molar-refractivity contribution < 1.29 is 4.39 Å². The molecule has 2 N–H and O–H groups in total. The van der Waals surface area contributed by atoms with Crippen molar-refractivity contribution in [3.8, 4) is 0 Å². The largest absolute Gasteiger partial charge is 0.399 e. The lowest BCUT2D eigenvalue weighted by molar-refractivity contribution is 0.249. The summed E-state index contributed by atoms with van der Waals surface area (Å²) >= 11 is 6.22. The van der Waals surface area contributed by atoms with Gasteiger partial charge in [-0.25, -0.2) is 4.39 Å². The van der Waals surface area contributed by atoms with Crippen LogP contribution in [-0.4, -0.2) is 31.1 Å². The maximum atomic E-state index is 13.8. The van der Waals surface area contributed by atoms with Crippen molar-refractivity contribution in [3.63, 3.8) is 0 Å². The van der Waals surface area contributed by atoms with Gasteiger partial charge in [-0.2, -0.15) is 0 Å². The predicted octanol–water partition coefficient (Wildman–Crippen LogP) is 3.38. The zero-order valence-electron chi connectivity index (χ0n) is 12.3. The molecule has 22 heavy (non-hydrogen) atoms. The van der Waals surface area contributed by atoms with Gasteiger partial charge in [-0.15, -0.1) is 0 Å². The van der Waals surface area contributed by atoms with Crippen LogP contribution >= 0.6 is 11.6 Å². The highest BCUT2D eigenvalue weighted by Crippen LogP contribution is 2.23. The Morgan fingerprint density at radius 2 is 1.77 bits per heavy atom. The van der Waals surface area contributed by atoms with Gasteiger partial charge in [-0.1, -0.05) is 23.7 Å². The van der Waals surface area contributed by atoms with Crippen molar-refractivity contribution >= 4 is 23.0 Å². The van der Waals surface area contributed by atoms with E-state index in [9.17, 15) is 4.39 Å². The van der Waals surface area contributed by atoms with Gasteiger partial charge >= 0.3 is 0 Å². The zero-order valence-corrected chi connectivity index (χ0v) is 13.1. The molecule has 2 aromatic rings. The van der Waals surface area contributed by atoms with E-state index < -0.39 is 0 Å². The van der Waals surface area contributed by atoms with E-state index >= 15 is 0 Å². The number of piperazine rings is 1. The lowest BCUT2D eigenvalue weighted by atomic mass is 10.1. The highest BCUT2D eigenvalue weighted by molar-refractivity contribution is 6.31. The third kappa shape index (κ3) is 3.34. The third-order valence-electron chi connectivity index (χ3n) is 4.03. The molecule has 0 unspecified atom stereocenters. The number of rotatable bonds is 3. The Morgan fingerprint density at radius 3 is 2.50 bits per heavy atom. The number of hydrogen-bond acceptors (Lipinski definition) is 3. The number of nitrogens with zero attached hydrogens (tertiary/aromatic N) is 2. The van der Waals surface area contributed by atoms with Crippen LogP contribution in [0.5, 0.6) is 0 Å². The van der Waals surface area contributed by atoms with E-state index in [1.54, 1.807) is 6.07 Å². The number of hydrogen-bond donors (Lipinski definition) is 1. The molecule has 0 aliphatic carbocycles. The normalized spacial score (nSPS) is 16.0. The Balaban J connectivity index is 1.62. The van der Waals surface area contributed by atoms with Gasteiger partial charge in [-0.05, 0) is 35.9 Å². The van der Waals surface area contributed by atoms with Crippen LogP contribution < -0.4 is 10.6 Å². The smallest absolute Gasteiger partial charge is 0.146 e. The molecule has 0 radical (unpaired) electrons. The first-order valence-corrected chi connectivity index (χ1v) is 7.77. The van der Waals surface area contributed by atoms with Crippen LogP contribution in [0.1, 0.15) is 5.56 Å². The summed E-state index contributed by atoms with van der Waals surface area (Å²) in [5.74, 6) is -0.158. The number of anilines is 2. The van der Waals surface area contributed by atoms with Crippen molar-refractivity contribution in [2.24, 2.45) is 0 Å². The van der Waals surface area contributed by atoms with E-state index in [1.807, 2.05) is 30.3 Å². The molecule has 1 aliphatic heterocycles. The molecule has 0 amide bonds. The van der Waals surface area contributed by atoms with Crippen molar-refractivity contribution in [1.82, 2.24) is 4.90 Å². The average Bonchev–Trinajstić information content (AvgIpc) is 2.52. The number of halogens is 2. The molecule has 0 aromatic heterocycles. The van der Waals surface area contributed by atoms with Gasteiger partial charge in [0.25, 0.3) is 0 Å². The summed E-state index contributed by atoms with van der Waals surface area (Å²) in [6.45, 7) is 4.13. The first-order valence-electron chi connectivity index (χ1n) is 7.39. The van der Waals surface area contributed by atoms with Crippen LogP contribution in [0.2, 0.25) is 5.02 Å². The Hall–Kier alpha value is -1.78. The van der Waals surface area contributed by atoms with Crippen LogP contribution in [0.15, 0.2) is 42.5 Å². The topological polar surface area (TPSA) is 32.5 Å². The molecule has 2 aromatic carbocycles. The van der Waals surface area contributed by atoms with Gasteiger partial charge < -0.3 is 10.6 Å². The van der Waals surface area contributed by atoms with E-state index in [0.717, 1.165) is 49.0 Å². The van der Waals surface area contributed by atoms with E-state index in [2.05, 4.69) is 9.80 Å². The predicted molar refractivity (Wildman–Crippen MR) is 89.8 cm³/mol. The van der Waals surface area contributed by atoms with Crippen molar-refractivity contribution in [2.45, 2.75) is 6.54 Å². The van der Waals surface area contributed by atoms with Gasteiger partial charge in [0.1, 0.15) is 5.82 Å². The summed E-state index contributed by atoms with van der Waals surface area (Å²) in [4.78, 5) is 4.41. The number of para-hydroxylation sites is 1. The fourth-order valence-corrected chi connectivity index (χ4v) is 2.99. The molecule has 3 rings (SSSR count). The lowest BCUT2D eigenvalue weighted by Crippen LogP contribution is -2.46. The summed E-state index contributed by atoms with van der Waals surface area (Å²) in [7, 11) is 0. The molecule has 116 valence electrons. The molecule has 0 spiro atoms. The van der Waals surface area contributed by atoms with Crippen LogP contribution in [-0.2, 0) is 6.54 Å². The molecular weight excluding hydrogens is 301 g/mol. The molecule has 1 saturated heterocycles. The number of nitrogens with two attached hydrogens (primary N) is 1. The Kier molecular flexibility index (Phi) is 4.50. The van der Waals surface area contributed by atoms with Gasteiger partial charge in [0.2, 0.25) is 0 Å². The van der Waals surface area contributed by atoms with Gasteiger partial charge in [-0.3, -0.25) is 4.90 Å². The third-order valence-corrected chi connectivity index (χ3v) is 4.40. The molecule has 0 saturated carbocycles. The highest BCUT2D eigenvalue weighted by Gasteiger charge is 2.19. The summed E-state index contributed by atoms with van der Waals surface area (Å²) in [5.41, 5.74) is 8.27. The number of benzene rings is 2. The molecule has 0 atom stereocenters. The minimum atomic E-state index is -0.158. The molecule has 1 aliphatic rings. The van der Waals surface area contributed by atoms with Gasteiger partial charge in [0.15, 0.2) is 0 Å². The fourth-order valence-electron chi connectivity index (χ4n) is 2.81. The molecule has 0 bridgehead atoms. The van der Waals surface area contributed by atoms with Crippen molar-refractivity contribution in [3.05, 3.63) is 58.9 Å². The van der Waals surface area contributed by atoms with E-state index in [-0.39, 0.29) is 5.82 Å². The maximum absolute atomic E-state index is 13.8. The molecule has 1 heterocycles. The molecule has 5 heteroatoms. The Labute approximate surface area is 135 Å². The van der Waals surface area contributed by atoms with Crippen LogP contribution in [0, 0.1) is 5.82 Å². The standard InChI is InChI=1S/C17H19ClFN3/c18-15-6-5-14(20)11-13(15)12-21-7-9-22(10-8-21)17-4-2-1-3-16(17)19/h1-6,11H,7-10,12,20H2. The van der Waals surface area contributed by atoms with Crippen molar-refractivity contribution in [1.29, 1.82) is 0 Å².